The molecule has 0 saturated carbocycles. The average Bonchev–Trinajstić information content (AvgIpc) is 2.42. The van der Waals surface area contributed by atoms with Gasteiger partial charge in [-0.1, -0.05) is 53.6 Å². The number of aryl methyl sites for hydroxylation is 2. The summed E-state index contributed by atoms with van der Waals surface area (Å²) in [6, 6.07) is 8.45. The minimum Gasteiger partial charge on any atom is -0.358 e. The van der Waals surface area contributed by atoms with Gasteiger partial charge in [0, 0.05) is 19.8 Å². The molecule has 0 unspecified atom stereocenters. The zero-order valence-electron chi connectivity index (χ0n) is 12.5. The lowest BCUT2D eigenvalue weighted by molar-refractivity contribution is -0.109. The number of allylic oxidation sites excluding steroid dienone is 3. The SMILES string of the molecule is CN=C/C=C\C=C\CCNC=O.Cc1cccc(C)c1. The lowest BCUT2D eigenvalue weighted by Gasteiger charge is -1.90. The Labute approximate surface area is 122 Å². The van der Waals surface area contributed by atoms with Crippen LogP contribution in [0.2, 0.25) is 0 Å². The van der Waals surface area contributed by atoms with Crippen LogP contribution in [-0.4, -0.2) is 26.2 Å². The van der Waals surface area contributed by atoms with Gasteiger partial charge in [-0.25, -0.2) is 0 Å². The normalized spacial score (nSPS) is 10.8. The van der Waals surface area contributed by atoms with Crippen molar-refractivity contribution in [3.8, 4) is 0 Å². The highest BCUT2D eigenvalue weighted by Gasteiger charge is 1.80. The Balaban J connectivity index is 0.000000388. The largest absolute Gasteiger partial charge is 0.358 e. The van der Waals surface area contributed by atoms with E-state index >= 15 is 0 Å². The van der Waals surface area contributed by atoms with E-state index in [1.807, 2.05) is 24.3 Å². The highest BCUT2D eigenvalue weighted by Crippen LogP contribution is 2.00. The van der Waals surface area contributed by atoms with Crippen molar-refractivity contribution in [2.75, 3.05) is 13.6 Å². The molecule has 1 amide bonds. The fourth-order valence-electron chi connectivity index (χ4n) is 1.41. The first kappa shape index (κ1) is 17.8. The molecule has 1 rings (SSSR count). The summed E-state index contributed by atoms with van der Waals surface area (Å²) in [5.41, 5.74) is 2.68. The minimum atomic E-state index is 0.690. The minimum absolute atomic E-state index is 0.690. The molecule has 1 aromatic rings. The molecule has 0 aliphatic carbocycles. The second-order valence-corrected chi connectivity index (χ2v) is 4.24. The molecule has 1 N–H and O–H groups in total. The van der Waals surface area contributed by atoms with Crippen LogP contribution in [0.3, 0.4) is 0 Å². The van der Waals surface area contributed by atoms with E-state index in [-0.39, 0.29) is 0 Å². The van der Waals surface area contributed by atoms with Crippen molar-refractivity contribution in [3.05, 3.63) is 59.7 Å². The Kier molecular flexibility index (Phi) is 11.8. The molecule has 0 fully saturated rings. The number of nitrogens with zero attached hydrogens (tertiary/aromatic N) is 1. The van der Waals surface area contributed by atoms with Crippen LogP contribution < -0.4 is 5.32 Å². The van der Waals surface area contributed by atoms with Gasteiger partial charge in [-0.3, -0.25) is 9.79 Å². The molecule has 3 heteroatoms. The summed E-state index contributed by atoms with van der Waals surface area (Å²) in [6.45, 7) is 4.90. The molecule has 0 heterocycles. The third kappa shape index (κ3) is 12.3. The molecular weight excluding hydrogens is 248 g/mol. The zero-order chi connectivity index (χ0) is 15.1. The summed E-state index contributed by atoms with van der Waals surface area (Å²) in [6.07, 6.45) is 10.9. The van der Waals surface area contributed by atoms with Crippen molar-refractivity contribution in [2.24, 2.45) is 4.99 Å². The molecular formula is C17H24N2O. The second kappa shape index (κ2) is 13.3. The Bertz CT molecular complexity index is 431. The van der Waals surface area contributed by atoms with Crippen LogP contribution in [0.25, 0.3) is 0 Å². The quantitative estimate of drug-likeness (QED) is 0.367. The monoisotopic (exact) mass is 272 g/mol. The number of hydrogen-bond donors (Lipinski definition) is 1. The van der Waals surface area contributed by atoms with Crippen molar-refractivity contribution in [3.63, 3.8) is 0 Å². The van der Waals surface area contributed by atoms with E-state index in [1.54, 1.807) is 13.3 Å². The lowest BCUT2D eigenvalue weighted by Crippen LogP contribution is -2.10. The molecule has 0 atom stereocenters. The topological polar surface area (TPSA) is 41.5 Å². The smallest absolute Gasteiger partial charge is 0.207 e. The molecule has 0 bridgehead atoms. The van der Waals surface area contributed by atoms with E-state index in [1.165, 1.54) is 11.1 Å². The summed E-state index contributed by atoms with van der Waals surface area (Å²) in [5.74, 6) is 0. The van der Waals surface area contributed by atoms with Gasteiger partial charge < -0.3 is 5.32 Å². The summed E-state index contributed by atoms with van der Waals surface area (Å²) < 4.78 is 0. The van der Waals surface area contributed by atoms with Gasteiger partial charge in [-0.2, -0.15) is 0 Å². The molecule has 3 nitrogen and oxygen atoms in total. The molecule has 0 spiro atoms. The van der Waals surface area contributed by atoms with Crippen LogP contribution in [0.15, 0.2) is 53.6 Å². The van der Waals surface area contributed by atoms with Gasteiger partial charge in [0.1, 0.15) is 0 Å². The molecule has 0 saturated heterocycles. The summed E-state index contributed by atoms with van der Waals surface area (Å²) in [7, 11) is 1.72. The molecule has 0 radical (unpaired) electrons. The molecule has 0 aliphatic rings. The molecule has 108 valence electrons. The van der Waals surface area contributed by atoms with Crippen molar-refractivity contribution < 1.29 is 4.79 Å². The maximum absolute atomic E-state index is 9.81. The lowest BCUT2D eigenvalue weighted by atomic mass is 10.2. The Morgan fingerprint density at radius 1 is 1.15 bits per heavy atom. The molecule has 20 heavy (non-hydrogen) atoms. The van der Waals surface area contributed by atoms with Gasteiger partial charge in [0.25, 0.3) is 0 Å². The van der Waals surface area contributed by atoms with Crippen molar-refractivity contribution >= 4 is 12.6 Å². The van der Waals surface area contributed by atoms with E-state index < -0.39 is 0 Å². The van der Waals surface area contributed by atoms with Crippen molar-refractivity contribution in [2.45, 2.75) is 20.3 Å². The highest BCUT2D eigenvalue weighted by molar-refractivity contribution is 5.71. The molecule has 1 aromatic carbocycles. The number of rotatable bonds is 6. The summed E-state index contributed by atoms with van der Waals surface area (Å²) in [5, 5.41) is 2.57. The fourth-order valence-corrected chi connectivity index (χ4v) is 1.41. The Morgan fingerprint density at radius 2 is 1.85 bits per heavy atom. The standard InChI is InChI=1S/C9H14N2O.C8H10/c1-10-7-5-3-2-4-6-8-11-9-12;1-7-4-3-5-8(2)6-7/h2-5,7,9H,6,8H2,1H3,(H,11,12);3-6H,1-2H3/b4-2+,5-3-,10-7?;. The van der Waals surface area contributed by atoms with Crippen LogP contribution in [0.1, 0.15) is 17.5 Å². The molecule has 0 aromatic heterocycles. The second-order valence-electron chi connectivity index (χ2n) is 4.24. The third-order valence-corrected chi connectivity index (χ3v) is 2.31. The van der Waals surface area contributed by atoms with Gasteiger partial charge in [0.15, 0.2) is 0 Å². The van der Waals surface area contributed by atoms with Gasteiger partial charge in [0.05, 0.1) is 0 Å². The number of carbonyl (C=O) groups excluding carboxylic acids is 1. The van der Waals surface area contributed by atoms with Gasteiger partial charge in [-0.15, -0.1) is 0 Å². The number of nitrogens with one attached hydrogen (secondary N) is 1. The number of hydrogen-bond acceptors (Lipinski definition) is 2. The fraction of sp³-hybridized carbons (Fsp3) is 0.294. The summed E-state index contributed by atoms with van der Waals surface area (Å²) in [4.78, 5) is 13.6. The first-order chi connectivity index (χ1) is 9.70. The number of carbonyl (C=O) groups is 1. The number of benzene rings is 1. The van der Waals surface area contributed by atoms with Crippen molar-refractivity contribution in [1.82, 2.24) is 5.32 Å². The van der Waals surface area contributed by atoms with Gasteiger partial charge in [-0.05, 0) is 26.3 Å². The zero-order valence-corrected chi connectivity index (χ0v) is 12.5. The van der Waals surface area contributed by atoms with E-state index in [2.05, 4.69) is 48.4 Å². The predicted molar refractivity (Wildman–Crippen MR) is 87.3 cm³/mol. The van der Waals surface area contributed by atoms with E-state index in [0.717, 1.165) is 6.42 Å². The van der Waals surface area contributed by atoms with Crippen LogP contribution in [0, 0.1) is 13.8 Å². The van der Waals surface area contributed by atoms with E-state index in [4.69, 9.17) is 0 Å². The Morgan fingerprint density at radius 3 is 2.35 bits per heavy atom. The number of aliphatic imine (C=N–C) groups is 1. The predicted octanol–water partition coefficient (Wildman–Crippen LogP) is 3.24. The first-order valence-corrected chi connectivity index (χ1v) is 6.65. The van der Waals surface area contributed by atoms with Crippen LogP contribution in [-0.2, 0) is 4.79 Å². The first-order valence-electron chi connectivity index (χ1n) is 6.65. The van der Waals surface area contributed by atoms with Crippen molar-refractivity contribution in [1.29, 1.82) is 0 Å². The average molecular weight is 272 g/mol. The molecule has 0 aliphatic heterocycles. The third-order valence-electron chi connectivity index (χ3n) is 2.31. The van der Waals surface area contributed by atoms with Gasteiger partial charge >= 0.3 is 0 Å². The van der Waals surface area contributed by atoms with Crippen LogP contribution in [0.5, 0.6) is 0 Å². The maximum atomic E-state index is 9.81. The maximum Gasteiger partial charge on any atom is 0.207 e. The van der Waals surface area contributed by atoms with E-state index in [9.17, 15) is 4.79 Å². The van der Waals surface area contributed by atoms with Crippen LogP contribution in [0.4, 0.5) is 0 Å². The highest BCUT2D eigenvalue weighted by atomic mass is 16.1. The van der Waals surface area contributed by atoms with Gasteiger partial charge in [0.2, 0.25) is 6.41 Å². The number of amides is 1. The Hall–Kier alpha value is -2.16. The van der Waals surface area contributed by atoms with E-state index in [0.29, 0.717) is 13.0 Å². The van der Waals surface area contributed by atoms with Crippen LogP contribution >= 0.6 is 0 Å². The summed E-state index contributed by atoms with van der Waals surface area (Å²) >= 11 is 0.